The van der Waals surface area contributed by atoms with Crippen LogP contribution in [-0.4, -0.2) is 19.0 Å². The summed E-state index contributed by atoms with van der Waals surface area (Å²) >= 11 is 0. The lowest BCUT2D eigenvalue weighted by Gasteiger charge is -2.33. The third-order valence-electron chi connectivity index (χ3n) is 2.97. The Kier molecular flexibility index (Phi) is 4.10. The van der Waals surface area contributed by atoms with E-state index in [1.807, 2.05) is 0 Å². The van der Waals surface area contributed by atoms with Crippen LogP contribution in [0, 0.1) is 11.8 Å². The van der Waals surface area contributed by atoms with Gasteiger partial charge in [0.1, 0.15) is 0 Å². The fourth-order valence-corrected chi connectivity index (χ4v) is 2.21. The van der Waals surface area contributed by atoms with Gasteiger partial charge in [0.2, 0.25) is 0 Å². The monoisotopic (exact) mass is 191 g/mol. The number of nitrogens with one attached hydrogen (secondary N) is 1. The summed E-state index contributed by atoms with van der Waals surface area (Å²) in [6, 6.07) is 0.310. The molecule has 1 nitrogen and oxygen atoms in total. The van der Waals surface area contributed by atoms with Crippen LogP contribution < -0.4 is 5.32 Å². The lowest BCUT2D eigenvalue weighted by Crippen LogP contribution is -2.41. The Balaban J connectivity index is 2.25. The average Bonchev–Trinajstić information content (AvgIpc) is 2.02. The second-order valence-electron chi connectivity index (χ2n) is 4.30. The Morgan fingerprint density at radius 2 is 2.00 bits per heavy atom. The summed E-state index contributed by atoms with van der Waals surface area (Å²) in [6.07, 6.45) is 1.17. The zero-order chi connectivity index (χ0) is 9.84. The molecule has 0 saturated heterocycles. The van der Waals surface area contributed by atoms with E-state index in [0.717, 1.165) is 12.3 Å². The fourth-order valence-electron chi connectivity index (χ4n) is 2.21. The Morgan fingerprint density at radius 1 is 1.31 bits per heavy atom. The minimum absolute atomic E-state index is 0.149. The zero-order valence-corrected chi connectivity index (χ0v) is 8.39. The van der Waals surface area contributed by atoms with Crippen molar-refractivity contribution in [3.63, 3.8) is 0 Å². The van der Waals surface area contributed by atoms with Gasteiger partial charge in [-0.3, -0.25) is 0 Å². The fraction of sp³-hybridized carbons (Fsp3) is 1.00. The highest BCUT2D eigenvalue weighted by atomic mass is 19.3. The maximum atomic E-state index is 11.9. The molecule has 78 valence electrons. The van der Waals surface area contributed by atoms with E-state index in [9.17, 15) is 8.78 Å². The standard InChI is InChI=1S/C10H19F2N/c1-7-3-4-9(8(2)5-7)13-6-10(11)12/h7-10,13H,3-6H2,1-2H3. The summed E-state index contributed by atoms with van der Waals surface area (Å²) in [5.74, 6) is 1.31. The molecule has 0 radical (unpaired) electrons. The first-order valence-electron chi connectivity index (χ1n) is 5.11. The summed E-state index contributed by atoms with van der Waals surface area (Å²) < 4.78 is 23.9. The van der Waals surface area contributed by atoms with E-state index in [0.29, 0.717) is 12.0 Å². The van der Waals surface area contributed by atoms with Crippen LogP contribution in [0.25, 0.3) is 0 Å². The SMILES string of the molecule is CC1CCC(NCC(F)F)C(C)C1. The molecule has 0 heterocycles. The Morgan fingerprint density at radius 3 is 2.54 bits per heavy atom. The van der Waals surface area contributed by atoms with Gasteiger partial charge in [0, 0.05) is 6.04 Å². The Hall–Kier alpha value is -0.180. The maximum absolute atomic E-state index is 11.9. The highest BCUT2D eigenvalue weighted by Crippen LogP contribution is 2.28. The Labute approximate surface area is 78.9 Å². The molecule has 0 aromatic rings. The number of alkyl halides is 2. The second-order valence-corrected chi connectivity index (χ2v) is 4.30. The van der Waals surface area contributed by atoms with Crippen LogP contribution in [0.5, 0.6) is 0 Å². The normalized spacial score (nSPS) is 35.3. The van der Waals surface area contributed by atoms with Gasteiger partial charge in [-0.15, -0.1) is 0 Å². The first kappa shape index (κ1) is 10.9. The Bertz CT molecular complexity index is 150. The van der Waals surface area contributed by atoms with Crippen LogP contribution in [0.3, 0.4) is 0 Å². The van der Waals surface area contributed by atoms with Gasteiger partial charge in [0.15, 0.2) is 0 Å². The van der Waals surface area contributed by atoms with Crippen molar-refractivity contribution in [2.24, 2.45) is 11.8 Å². The van der Waals surface area contributed by atoms with Gasteiger partial charge in [-0.1, -0.05) is 13.8 Å². The largest absolute Gasteiger partial charge is 0.308 e. The van der Waals surface area contributed by atoms with E-state index in [4.69, 9.17) is 0 Å². The molecule has 1 aliphatic rings. The van der Waals surface area contributed by atoms with Gasteiger partial charge in [-0.2, -0.15) is 0 Å². The number of hydrogen-bond acceptors (Lipinski definition) is 1. The van der Waals surface area contributed by atoms with E-state index in [2.05, 4.69) is 19.2 Å². The van der Waals surface area contributed by atoms with Gasteiger partial charge in [-0.05, 0) is 31.1 Å². The summed E-state index contributed by atoms with van der Waals surface area (Å²) in [6.45, 7) is 4.24. The van der Waals surface area contributed by atoms with E-state index in [-0.39, 0.29) is 6.54 Å². The second kappa shape index (κ2) is 4.89. The molecule has 0 amide bonds. The van der Waals surface area contributed by atoms with Gasteiger partial charge >= 0.3 is 0 Å². The van der Waals surface area contributed by atoms with Crippen LogP contribution in [0.2, 0.25) is 0 Å². The number of hydrogen-bond donors (Lipinski definition) is 1. The minimum Gasteiger partial charge on any atom is -0.308 e. The van der Waals surface area contributed by atoms with E-state index in [1.165, 1.54) is 12.8 Å². The van der Waals surface area contributed by atoms with Crippen LogP contribution in [0.15, 0.2) is 0 Å². The van der Waals surface area contributed by atoms with Crippen molar-refractivity contribution in [2.75, 3.05) is 6.54 Å². The van der Waals surface area contributed by atoms with Crippen molar-refractivity contribution in [3.05, 3.63) is 0 Å². The smallest absolute Gasteiger partial charge is 0.250 e. The molecule has 1 fully saturated rings. The minimum atomic E-state index is -2.22. The highest BCUT2D eigenvalue weighted by molar-refractivity contribution is 4.80. The summed E-state index contributed by atoms with van der Waals surface area (Å²) in [5.41, 5.74) is 0. The third-order valence-corrected chi connectivity index (χ3v) is 2.97. The molecule has 3 unspecified atom stereocenters. The third kappa shape index (κ3) is 3.59. The quantitative estimate of drug-likeness (QED) is 0.723. The first-order valence-corrected chi connectivity index (χ1v) is 5.11. The molecule has 0 spiro atoms. The van der Waals surface area contributed by atoms with Crippen molar-refractivity contribution in [2.45, 2.75) is 45.6 Å². The van der Waals surface area contributed by atoms with Crippen molar-refractivity contribution >= 4 is 0 Å². The number of halogens is 2. The summed E-state index contributed by atoms with van der Waals surface area (Å²) in [7, 11) is 0. The predicted molar refractivity (Wildman–Crippen MR) is 50.0 cm³/mol. The van der Waals surface area contributed by atoms with Crippen molar-refractivity contribution in [1.29, 1.82) is 0 Å². The highest BCUT2D eigenvalue weighted by Gasteiger charge is 2.25. The van der Waals surface area contributed by atoms with Gasteiger partial charge in [-0.25, -0.2) is 8.78 Å². The molecule has 1 saturated carbocycles. The molecule has 1 N–H and O–H groups in total. The summed E-state index contributed by atoms with van der Waals surface area (Å²) in [4.78, 5) is 0. The molecular formula is C10H19F2N. The van der Waals surface area contributed by atoms with E-state index < -0.39 is 6.43 Å². The lowest BCUT2D eigenvalue weighted by atomic mass is 9.80. The van der Waals surface area contributed by atoms with Gasteiger partial charge < -0.3 is 5.32 Å². The van der Waals surface area contributed by atoms with Crippen LogP contribution in [0.1, 0.15) is 33.1 Å². The molecule has 0 bridgehead atoms. The molecule has 3 atom stereocenters. The van der Waals surface area contributed by atoms with Gasteiger partial charge in [0.05, 0.1) is 6.54 Å². The topological polar surface area (TPSA) is 12.0 Å². The van der Waals surface area contributed by atoms with Crippen molar-refractivity contribution < 1.29 is 8.78 Å². The van der Waals surface area contributed by atoms with E-state index in [1.54, 1.807) is 0 Å². The van der Waals surface area contributed by atoms with Crippen LogP contribution in [-0.2, 0) is 0 Å². The molecule has 0 aliphatic heterocycles. The maximum Gasteiger partial charge on any atom is 0.250 e. The molecular weight excluding hydrogens is 172 g/mol. The van der Waals surface area contributed by atoms with Gasteiger partial charge in [0.25, 0.3) is 6.43 Å². The average molecular weight is 191 g/mol. The predicted octanol–water partition coefficient (Wildman–Crippen LogP) is 2.67. The summed E-state index contributed by atoms with van der Waals surface area (Å²) in [5, 5.41) is 2.94. The van der Waals surface area contributed by atoms with Crippen molar-refractivity contribution in [1.82, 2.24) is 5.32 Å². The molecule has 1 aliphatic carbocycles. The molecule has 0 aromatic heterocycles. The lowest BCUT2D eigenvalue weighted by molar-refractivity contribution is 0.127. The first-order chi connectivity index (χ1) is 6.09. The molecule has 1 rings (SSSR count). The van der Waals surface area contributed by atoms with Crippen LogP contribution >= 0.6 is 0 Å². The van der Waals surface area contributed by atoms with Crippen LogP contribution in [0.4, 0.5) is 8.78 Å². The number of rotatable bonds is 3. The van der Waals surface area contributed by atoms with E-state index >= 15 is 0 Å². The van der Waals surface area contributed by atoms with Crippen molar-refractivity contribution in [3.8, 4) is 0 Å². The molecule has 3 heteroatoms. The molecule has 13 heavy (non-hydrogen) atoms. The molecule has 0 aromatic carbocycles. The zero-order valence-electron chi connectivity index (χ0n) is 8.39.